The lowest BCUT2D eigenvalue weighted by Crippen LogP contribution is -2.18. The van der Waals surface area contributed by atoms with Crippen LogP contribution in [-0.2, 0) is 27.1 Å². The zero-order chi connectivity index (χ0) is 28.3. The number of thioether (sulfide) groups is 1. The molecular weight excluding hydrogens is 529 g/mol. The highest BCUT2D eigenvalue weighted by Crippen LogP contribution is 2.34. The number of carboxylic acids is 2. The maximum atomic E-state index is 13.2. The van der Waals surface area contributed by atoms with Crippen LogP contribution >= 0.6 is 11.8 Å². The van der Waals surface area contributed by atoms with Crippen LogP contribution in [0.1, 0.15) is 12.0 Å². The number of aromatic nitrogens is 4. The van der Waals surface area contributed by atoms with Crippen molar-refractivity contribution >= 4 is 35.3 Å². The van der Waals surface area contributed by atoms with Gasteiger partial charge in [0, 0.05) is 24.5 Å². The number of nitrogens with one attached hydrogen (secondary N) is 1. The first-order chi connectivity index (χ1) is 17.9. The van der Waals surface area contributed by atoms with E-state index >= 15 is 0 Å². The highest BCUT2D eigenvalue weighted by molar-refractivity contribution is 7.99. The second-order valence-corrected chi connectivity index (χ2v) is 8.78. The van der Waals surface area contributed by atoms with E-state index in [1.807, 2.05) is 30.8 Å². The number of anilines is 1. The number of carbonyl (C=O) groups excluding carboxylic acids is 1. The summed E-state index contributed by atoms with van der Waals surface area (Å²) in [4.78, 5) is 36.7. The Morgan fingerprint density at radius 3 is 2.24 bits per heavy atom. The van der Waals surface area contributed by atoms with E-state index in [0.29, 0.717) is 17.5 Å². The van der Waals surface area contributed by atoms with Gasteiger partial charge in [-0.15, -0.1) is 10.2 Å². The minimum atomic E-state index is -4.55. The molecule has 38 heavy (non-hydrogen) atoms. The summed E-state index contributed by atoms with van der Waals surface area (Å²) in [5, 5.41) is 26.1. The molecule has 0 bridgehead atoms. The number of pyridine rings is 1. The van der Waals surface area contributed by atoms with E-state index < -0.39 is 29.6 Å². The van der Waals surface area contributed by atoms with Crippen molar-refractivity contribution in [3.63, 3.8) is 0 Å². The third kappa shape index (κ3) is 9.48. The molecule has 0 radical (unpaired) electrons. The van der Waals surface area contributed by atoms with Gasteiger partial charge in [0.1, 0.15) is 0 Å². The smallest absolute Gasteiger partial charge is 0.418 e. The molecular formula is C23H25F3N6O5S. The number of nitrogens with zero attached hydrogens (tertiary/aromatic N) is 5. The quantitative estimate of drug-likeness (QED) is 0.266. The minimum Gasteiger partial charge on any atom is -0.473 e. The van der Waals surface area contributed by atoms with E-state index in [4.69, 9.17) is 19.8 Å². The normalized spacial score (nSPS) is 11.0. The van der Waals surface area contributed by atoms with Gasteiger partial charge in [0.2, 0.25) is 5.91 Å². The molecule has 2 heterocycles. The Bertz CT molecular complexity index is 1230. The third-order valence-electron chi connectivity index (χ3n) is 4.66. The summed E-state index contributed by atoms with van der Waals surface area (Å²) in [6, 6.07) is 8.54. The number of para-hydroxylation sites is 1. The molecule has 0 aliphatic carbocycles. The van der Waals surface area contributed by atoms with Gasteiger partial charge < -0.3 is 25.0 Å². The monoisotopic (exact) mass is 554 g/mol. The number of halogens is 3. The van der Waals surface area contributed by atoms with E-state index in [1.54, 1.807) is 12.4 Å². The first kappa shape index (κ1) is 30.2. The van der Waals surface area contributed by atoms with E-state index in [1.165, 1.54) is 18.2 Å². The lowest BCUT2D eigenvalue weighted by atomic mass is 10.1. The number of carbonyl (C=O) groups is 3. The average molecular weight is 555 g/mol. The van der Waals surface area contributed by atoms with Gasteiger partial charge in [0.25, 0.3) is 0 Å². The van der Waals surface area contributed by atoms with Gasteiger partial charge in [0.05, 0.1) is 17.0 Å². The average Bonchev–Trinajstić information content (AvgIpc) is 3.25. The standard InChI is InChI=1S/C21H23F3N6OS.C2H2O4/c1-29(2)12-5-13-30-19(15-8-10-25-11-9-15)27-28-20(30)32-14-18(31)26-17-7-4-3-6-16(17)21(22,23)24;3-1(4)2(5)6/h3-4,6-11H,5,12-14H2,1-2H3,(H,26,31);(H,3,4)(H,5,6). The lowest BCUT2D eigenvalue weighted by Gasteiger charge is -2.14. The topological polar surface area (TPSA) is 151 Å². The van der Waals surface area contributed by atoms with Crippen LogP contribution in [0, 0.1) is 0 Å². The van der Waals surface area contributed by atoms with E-state index in [9.17, 15) is 18.0 Å². The van der Waals surface area contributed by atoms with Crippen molar-refractivity contribution in [2.75, 3.05) is 31.7 Å². The lowest BCUT2D eigenvalue weighted by molar-refractivity contribution is -0.159. The second-order valence-electron chi connectivity index (χ2n) is 7.84. The maximum absolute atomic E-state index is 13.2. The van der Waals surface area contributed by atoms with Gasteiger partial charge in [-0.05, 0) is 51.3 Å². The Morgan fingerprint density at radius 2 is 1.66 bits per heavy atom. The molecule has 0 unspecified atom stereocenters. The summed E-state index contributed by atoms with van der Waals surface area (Å²) >= 11 is 1.13. The second kappa shape index (κ2) is 14.1. The van der Waals surface area contributed by atoms with Crippen molar-refractivity contribution in [3.8, 4) is 11.4 Å². The van der Waals surface area contributed by atoms with Crippen molar-refractivity contribution in [3.05, 3.63) is 54.4 Å². The van der Waals surface area contributed by atoms with Gasteiger partial charge in [-0.25, -0.2) is 9.59 Å². The Hall–Kier alpha value is -3.98. The maximum Gasteiger partial charge on any atom is 0.418 e. The van der Waals surface area contributed by atoms with Gasteiger partial charge in [-0.2, -0.15) is 13.2 Å². The molecule has 0 saturated heterocycles. The number of aliphatic carboxylic acids is 2. The molecule has 204 valence electrons. The summed E-state index contributed by atoms with van der Waals surface area (Å²) in [5.41, 5.74) is -0.312. The molecule has 1 aromatic carbocycles. The summed E-state index contributed by atoms with van der Waals surface area (Å²) in [5.74, 6) is -3.66. The van der Waals surface area contributed by atoms with Crippen LogP contribution in [0.25, 0.3) is 11.4 Å². The molecule has 2 aromatic heterocycles. The molecule has 3 aromatic rings. The summed E-state index contributed by atoms with van der Waals surface area (Å²) in [6.45, 7) is 1.48. The predicted octanol–water partition coefficient (Wildman–Crippen LogP) is 3.20. The Morgan fingerprint density at radius 1 is 1.03 bits per heavy atom. The van der Waals surface area contributed by atoms with Crippen LogP contribution in [0.2, 0.25) is 0 Å². The molecule has 0 saturated carbocycles. The third-order valence-corrected chi connectivity index (χ3v) is 5.63. The highest BCUT2D eigenvalue weighted by atomic mass is 32.2. The molecule has 0 aliphatic heterocycles. The van der Waals surface area contributed by atoms with E-state index in [2.05, 4.69) is 25.4 Å². The number of hydrogen-bond donors (Lipinski definition) is 3. The Kier molecular flexibility index (Phi) is 11.2. The number of carboxylic acid groups (broad SMARTS) is 2. The van der Waals surface area contributed by atoms with Gasteiger partial charge >= 0.3 is 18.1 Å². The van der Waals surface area contributed by atoms with Crippen LogP contribution in [0.3, 0.4) is 0 Å². The largest absolute Gasteiger partial charge is 0.473 e. The fourth-order valence-corrected chi connectivity index (χ4v) is 3.78. The molecule has 3 rings (SSSR count). The Balaban J connectivity index is 0.000000757. The summed E-state index contributed by atoms with van der Waals surface area (Å²) in [6.07, 6.45) is -0.399. The zero-order valence-electron chi connectivity index (χ0n) is 20.3. The molecule has 3 N–H and O–H groups in total. The molecule has 15 heteroatoms. The van der Waals surface area contributed by atoms with Crippen molar-refractivity contribution in [1.29, 1.82) is 0 Å². The fraction of sp³-hybridized carbons (Fsp3) is 0.304. The summed E-state index contributed by atoms with van der Waals surface area (Å²) < 4.78 is 41.4. The van der Waals surface area contributed by atoms with Crippen LogP contribution in [-0.4, -0.2) is 79.1 Å². The number of rotatable bonds is 9. The number of hydrogen-bond acceptors (Lipinski definition) is 8. The molecule has 0 aliphatic rings. The summed E-state index contributed by atoms with van der Waals surface area (Å²) in [7, 11) is 3.96. The van der Waals surface area contributed by atoms with Crippen molar-refractivity contribution < 1.29 is 37.8 Å². The molecule has 0 atom stereocenters. The van der Waals surface area contributed by atoms with Crippen LogP contribution in [0.4, 0.5) is 18.9 Å². The molecule has 0 spiro atoms. The van der Waals surface area contributed by atoms with Gasteiger partial charge in [0.15, 0.2) is 11.0 Å². The van der Waals surface area contributed by atoms with Crippen molar-refractivity contribution in [1.82, 2.24) is 24.6 Å². The zero-order valence-corrected chi connectivity index (χ0v) is 21.2. The number of amides is 1. The molecule has 0 fully saturated rings. The van der Waals surface area contributed by atoms with Gasteiger partial charge in [-0.3, -0.25) is 9.78 Å². The first-order valence-electron chi connectivity index (χ1n) is 10.9. The van der Waals surface area contributed by atoms with Crippen molar-refractivity contribution in [2.24, 2.45) is 0 Å². The fourth-order valence-electron chi connectivity index (χ4n) is 3.01. The van der Waals surface area contributed by atoms with E-state index in [0.717, 1.165) is 36.4 Å². The van der Waals surface area contributed by atoms with Crippen LogP contribution in [0.15, 0.2) is 53.9 Å². The van der Waals surface area contributed by atoms with E-state index in [-0.39, 0.29) is 11.4 Å². The van der Waals surface area contributed by atoms with Crippen LogP contribution in [0.5, 0.6) is 0 Å². The minimum absolute atomic E-state index is 0.103. The van der Waals surface area contributed by atoms with Crippen LogP contribution < -0.4 is 5.32 Å². The van der Waals surface area contributed by atoms with Gasteiger partial charge in [-0.1, -0.05) is 23.9 Å². The highest BCUT2D eigenvalue weighted by Gasteiger charge is 2.33. The predicted molar refractivity (Wildman–Crippen MR) is 132 cm³/mol. The molecule has 11 nitrogen and oxygen atoms in total. The van der Waals surface area contributed by atoms with Crippen molar-refractivity contribution in [2.45, 2.75) is 24.3 Å². The molecule has 1 amide bonds. The SMILES string of the molecule is CN(C)CCCn1c(SCC(=O)Nc2ccccc2C(F)(F)F)nnc1-c1ccncc1.O=C(O)C(=O)O. The Labute approximate surface area is 219 Å². The number of alkyl halides is 3. The first-order valence-corrected chi connectivity index (χ1v) is 11.9. The number of benzene rings is 1.